The molecule has 13 heavy (non-hydrogen) atoms. The van der Waals surface area contributed by atoms with E-state index in [0.717, 1.165) is 31.2 Å². The SMILES string of the molecule is CSc1ccc2sc(F)cc2c1S. The third kappa shape index (κ3) is 1.58. The summed E-state index contributed by atoms with van der Waals surface area (Å²) in [6, 6.07) is 5.46. The first-order valence-electron chi connectivity index (χ1n) is 3.67. The van der Waals surface area contributed by atoms with Crippen LogP contribution in [0.15, 0.2) is 28.0 Å². The van der Waals surface area contributed by atoms with E-state index in [1.54, 1.807) is 17.8 Å². The highest BCUT2D eigenvalue weighted by atomic mass is 32.2. The minimum atomic E-state index is -0.149. The van der Waals surface area contributed by atoms with Crippen molar-refractivity contribution in [2.24, 2.45) is 0 Å². The van der Waals surface area contributed by atoms with Gasteiger partial charge in [-0.3, -0.25) is 0 Å². The molecule has 1 aromatic heterocycles. The van der Waals surface area contributed by atoms with Gasteiger partial charge in [-0.15, -0.1) is 35.7 Å². The van der Waals surface area contributed by atoms with Crippen molar-refractivity contribution < 1.29 is 4.39 Å². The monoisotopic (exact) mass is 230 g/mol. The molecule has 0 amide bonds. The van der Waals surface area contributed by atoms with Crippen molar-refractivity contribution in [3.63, 3.8) is 0 Å². The normalized spacial score (nSPS) is 11.0. The Labute approximate surface area is 89.6 Å². The van der Waals surface area contributed by atoms with Crippen molar-refractivity contribution in [2.45, 2.75) is 9.79 Å². The van der Waals surface area contributed by atoms with E-state index >= 15 is 0 Å². The van der Waals surface area contributed by atoms with Crippen LogP contribution >= 0.6 is 35.7 Å². The summed E-state index contributed by atoms with van der Waals surface area (Å²) < 4.78 is 13.9. The Morgan fingerprint density at radius 3 is 2.92 bits per heavy atom. The van der Waals surface area contributed by atoms with Crippen LogP contribution in [0.3, 0.4) is 0 Å². The van der Waals surface area contributed by atoms with E-state index in [1.807, 2.05) is 18.4 Å². The molecule has 0 aliphatic heterocycles. The van der Waals surface area contributed by atoms with E-state index in [9.17, 15) is 4.39 Å². The second kappa shape index (κ2) is 3.52. The Hall–Kier alpha value is -0.190. The molecule has 2 aromatic rings. The summed E-state index contributed by atoms with van der Waals surface area (Å²) >= 11 is 7.16. The lowest BCUT2D eigenvalue weighted by Gasteiger charge is -2.01. The number of thiophene rings is 1. The molecule has 0 saturated heterocycles. The van der Waals surface area contributed by atoms with Gasteiger partial charge in [0.1, 0.15) is 0 Å². The van der Waals surface area contributed by atoms with Gasteiger partial charge < -0.3 is 0 Å². The Bertz CT molecular complexity index is 447. The van der Waals surface area contributed by atoms with Crippen LogP contribution in [-0.2, 0) is 0 Å². The smallest absolute Gasteiger partial charge is 0.177 e. The number of benzene rings is 1. The van der Waals surface area contributed by atoms with Crippen LogP contribution in [0.5, 0.6) is 0 Å². The zero-order valence-corrected chi connectivity index (χ0v) is 9.40. The highest BCUT2D eigenvalue weighted by Gasteiger charge is 2.07. The lowest BCUT2D eigenvalue weighted by atomic mass is 10.3. The van der Waals surface area contributed by atoms with Gasteiger partial charge >= 0.3 is 0 Å². The van der Waals surface area contributed by atoms with E-state index in [4.69, 9.17) is 0 Å². The van der Waals surface area contributed by atoms with E-state index in [2.05, 4.69) is 12.6 Å². The second-order valence-corrected chi connectivity index (χ2v) is 4.91. The Balaban J connectivity index is 2.78. The highest BCUT2D eigenvalue weighted by molar-refractivity contribution is 7.99. The first-order valence-corrected chi connectivity index (χ1v) is 6.16. The van der Waals surface area contributed by atoms with Crippen molar-refractivity contribution in [3.05, 3.63) is 23.3 Å². The van der Waals surface area contributed by atoms with Crippen LogP contribution < -0.4 is 0 Å². The molecule has 0 spiro atoms. The topological polar surface area (TPSA) is 0 Å². The van der Waals surface area contributed by atoms with Crippen molar-refractivity contribution >= 4 is 45.8 Å². The van der Waals surface area contributed by atoms with Gasteiger partial charge in [-0.2, -0.15) is 4.39 Å². The molecule has 0 bridgehead atoms. The molecule has 0 N–H and O–H groups in total. The third-order valence-corrected chi connectivity index (χ3v) is 4.13. The highest BCUT2D eigenvalue weighted by Crippen LogP contribution is 2.35. The number of rotatable bonds is 1. The molecule has 0 aliphatic carbocycles. The average molecular weight is 230 g/mol. The van der Waals surface area contributed by atoms with Crippen LogP contribution in [0.4, 0.5) is 4.39 Å². The van der Waals surface area contributed by atoms with E-state index in [1.165, 1.54) is 0 Å². The molecular formula is C9H7FS3. The standard InChI is InChI=1S/C9H7FS3/c1-12-7-3-2-6-5(9(7)11)4-8(10)13-6/h2-4,11H,1H3. The second-order valence-electron chi connectivity index (χ2n) is 2.58. The van der Waals surface area contributed by atoms with Crippen LogP contribution in [0.25, 0.3) is 10.1 Å². The van der Waals surface area contributed by atoms with Gasteiger partial charge in [0.05, 0.1) is 0 Å². The molecule has 2 rings (SSSR count). The summed E-state index contributed by atoms with van der Waals surface area (Å²) in [5.74, 6) is 0. The zero-order valence-electron chi connectivity index (χ0n) is 6.87. The van der Waals surface area contributed by atoms with Gasteiger partial charge in [-0.1, -0.05) is 0 Å². The first-order chi connectivity index (χ1) is 6.22. The van der Waals surface area contributed by atoms with Crippen LogP contribution in [0, 0.1) is 5.13 Å². The summed E-state index contributed by atoms with van der Waals surface area (Å²) in [5, 5.41) is 0.765. The van der Waals surface area contributed by atoms with Crippen LogP contribution in [0.2, 0.25) is 0 Å². The largest absolute Gasteiger partial charge is 0.195 e. The lowest BCUT2D eigenvalue weighted by Crippen LogP contribution is -1.73. The maximum absolute atomic E-state index is 12.9. The number of hydrogen-bond acceptors (Lipinski definition) is 3. The van der Waals surface area contributed by atoms with Crippen molar-refractivity contribution in [3.8, 4) is 0 Å². The van der Waals surface area contributed by atoms with Crippen LogP contribution in [0.1, 0.15) is 0 Å². The van der Waals surface area contributed by atoms with Crippen LogP contribution in [-0.4, -0.2) is 6.26 Å². The predicted molar refractivity (Wildman–Crippen MR) is 60.8 cm³/mol. The summed E-state index contributed by atoms with van der Waals surface area (Å²) in [5.41, 5.74) is 0. The quantitative estimate of drug-likeness (QED) is 0.569. The Morgan fingerprint density at radius 1 is 1.46 bits per heavy atom. The van der Waals surface area contributed by atoms with Crippen molar-refractivity contribution in [1.29, 1.82) is 0 Å². The summed E-state index contributed by atoms with van der Waals surface area (Å²) in [6.07, 6.45) is 1.99. The van der Waals surface area contributed by atoms with E-state index in [-0.39, 0.29) is 5.13 Å². The molecule has 0 nitrogen and oxygen atoms in total. The first kappa shape index (κ1) is 9.37. The van der Waals surface area contributed by atoms with Gasteiger partial charge in [-0.05, 0) is 24.5 Å². The molecule has 1 aromatic carbocycles. The van der Waals surface area contributed by atoms with E-state index < -0.39 is 0 Å². The van der Waals surface area contributed by atoms with Crippen molar-refractivity contribution in [2.75, 3.05) is 6.26 Å². The molecule has 0 aliphatic rings. The number of thioether (sulfide) groups is 1. The zero-order chi connectivity index (χ0) is 9.42. The molecule has 0 atom stereocenters. The van der Waals surface area contributed by atoms with Crippen molar-refractivity contribution in [1.82, 2.24) is 0 Å². The lowest BCUT2D eigenvalue weighted by molar-refractivity contribution is 0.658. The summed E-state index contributed by atoms with van der Waals surface area (Å²) in [4.78, 5) is 1.97. The molecule has 0 unspecified atom stereocenters. The Morgan fingerprint density at radius 2 is 2.23 bits per heavy atom. The third-order valence-electron chi connectivity index (χ3n) is 1.83. The predicted octanol–water partition coefficient (Wildman–Crippen LogP) is 4.05. The molecule has 4 heteroatoms. The number of hydrogen-bond donors (Lipinski definition) is 1. The minimum absolute atomic E-state index is 0.149. The van der Waals surface area contributed by atoms with Gasteiger partial charge in [0.15, 0.2) is 5.13 Å². The fraction of sp³-hybridized carbons (Fsp3) is 0.111. The van der Waals surface area contributed by atoms with Gasteiger partial charge in [-0.25, -0.2) is 0 Å². The average Bonchev–Trinajstić information content (AvgIpc) is 2.47. The fourth-order valence-electron chi connectivity index (χ4n) is 1.21. The molecule has 0 fully saturated rings. The minimum Gasteiger partial charge on any atom is -0.195 e. The van der Waals surface area contributed by atoms with Gasteiger partial charge in [0, 0.05) is 19.9 Å². The maximum atomic E-state index is 12.9. The molecule has 0 radical (unpaired) electrons. The van der Waals surface area contributed by atoms with Gasteiger partial charge in [0.2, 0.25) is 0 Å². The molecule has 0 saturated carbocycles. The summed E-state index contributed by atoms with van der Waals surface area (Å²) in [6.45, 7) is 0. The number of fused-ring (bicyclic) bond motifs is 1. The number of thiol groups is 1. The number of halogens is 1. The molecule has 1 heterocycles. The fourth-order valence-corrected chi connectivity index (χ4v) is 3.12. The summed E-state index contributed by atoms with van der Waals surface area (Å²) in [7, 11) is 0. The van der Waals surface area contributed by atoms with Gasteiger partial charge in [0.25, 0.3) is 0 Å². The molecule has 68 valence electrons. The molecular weight excluding hydrogens is 223 g/mol. The Kier molecular flexibility index (Phi) is 2.53. The van der Waals surface area contributed by atoms with E-state index in [0.29, 0.717) is 0 Å². The maximum Gasteiger partial charge on any atom is 0.177 e.